The van der Waals surface area contributed by atoms with Crippen LogP contribution in [0, 0.1) is 5.92 Å². The summed E-state index contributed by atoms with van der Waals surface area (Å²) in [6.07, 6.45) is 0. The summed E-state index contributed by atoms with van der Waals surface area (Å²) < 4.78 is 4.77. The van der Waals surface area contributed by atoms with Crippen LogP contribution in [0.3, 0.4) is 0 Å². The molecule has 6 heteroatoms. The van der Waals surface area contributed by atoms with Crippen LogP contribution in [0.25, 0.3) is 0 Å². The Hall–Kier alpha value is -1.27. The smallest absolute Gasteiger partial charge is 0.310 e. The highest BCUT2D eigenvalue weighted by molar-refractivity contribution is 7.99. The molecule has 4 nitrogen and oxygen atoms in total. The average Bonchev–Trinajstić information content (AvgIpc) is 2.45. The fourth-order valence-corrected chi connectivity index (χ4v) is 3.27. The number of nitrogens with two attached hydrogens (primary N) is 1. The highest BCUT2D eigenvalue weighted by Gasteiger charge is 2.19. The first-order valence-corrected chi connectivity index (χ1v) is 8.16. The molecule has 116 valence electrons. The van der Waals surface area contributed by atoms with Crippen molar-refractivity contribution in [3.05, 3.63) is 23.8 Å². The molecule has 1 unspecified atom stereocenters. The summed E-state index contributed by atoms with van der Waals surface area (Å²) in [5, 5.41) is 0. The van der Waals surface area contributed by atoms with E-state index in [4.69, 9.17) is 22.7 Å². The van der Waals surface area contributed by atoms with E-state index in [2.05, 4.69) is 6.92 Å². The van der Waals surface area contributed by atoms with Gasteiger partial charge in [0, 0.05) is 29.7 Å². The van der Waals surface area contributed by atoms with Crippen LogP contribution in [0.1, 0.15) is 19.4 Å². The third-order valence-corrected chi connectivity index (χ3v) is 4.26. The third-order valence-electron chi connectivity index (χ3n) is 3.11. The second-order valence-electron chi connectivity index (χ2n) is 4.75. The molecule has 0 spiro atoms. The molecule has 1 rings (SSSR count). The molecule has 0 fully saturated rings. The minimum atomic E-state index is -0.224. The van der Waals surface area contributed by atoms with Crippen LogP contribution < -0.4 is 10.6 Å². The predicted octanol–water partition coefficient (Wildman–Crippen LogP) is 2.68. The van der Waals surface area contributed by atoms with Crippen molar-refractivity contribution in [1.82, 2.24) is 0 Å². The highest BCUT2D eigenvalue weighted by atomic mass is 32.2. The van der Waals surface area contributed by atoms with E-state index in [0.717, 1.165) is 21.9 Å². The fraction of sp³-hybridized carbons (Fsp3) is 0.467. The summed E-state index contributed by atoms with van der Waals surface area (Å²) in [5.41, 5.74) is 7.72. The SMILES string of the molecule is CCSc1cccc(N(C)CC(C)C(=O)OC)c1C(N)=S. The highest BCUT2D eigenvalue weighted by Crippen LogP contribution is 2.30. The summed E-state index contributed by atoms with van der Waals surface area (Å²) in [4.78, 5) is 15.0. The largest absolute Gasteiger partial charge is 0.469 e. The Morgan fingerprint density at radius 1 is 1.52 bits per heavy atom. The number of methoxy groups -OCH3 is 1. The molecule has 21 heavy (non-hydrogen) atoms. The van der Waals surface area contributed by atoms with E-state index in [1.807, 2.05) is 37.1 Å². The minimum absolute atomic E-state index is 0.221. The van der Waals surface area contributed by atoms with Crippen LogP contribution >= 0.6 is 24.0 Å². The summed E-state index contributed by atoms with van der Waals surface area (Å²) in [6.45, 7) is 4.47. The zero-order valence-corrected chi connectivity index (χ0v) is 14.5. The van der Waals surface area contributed by atoms with Crippen molar-refractivity contribution < 1.29 is 9.53 Å². The topological polar surface area (TPSA) is 55.6 Å². The molecular formula is C15H22N2O2S2. The number of esters is 1. The summed E-state index contributed by atoms with van der Waals surface area (Å²) in [5.74, 6) is 0.501. The number of carbonyl (C=O) groups excluding carboxylic acids is 1. The first kappa shape index (κ1) is 17.8. The van der Waals surface area contributed by atoms with Crippen LogP contribution in [0.5, 0.6) is 0 Å². The van der Waals surface area contributed by atoms with Gasteiger partial charge < -0.3 is 15.4 Å². The summed E-state index contributed by atoms with van der Waals surface area (Å²) in [6, 6.07) is 5.97. The van der Waals surface area contributed by atoms with Crippen molar-refractivity contribution in [2.24, 2.45) is 11.7 Å². The molecule has 0 radical (unpaired) electrons. The maximum absolute atomic E-state index is 11.6. The number of ether oxygens (including phenoxy) is 1. The summed E-state index contributed by atoms with van der Waals surface area (Å²) in [7, 11) is 3.33. The minimum Gasteiger partial charge on any atom is -0.469 e. The van der Waals surface area contributed by atoms with Crippen molar-refractivity contribution in [3.8, 4) is 0 Å². The Balaban J connectivity index is 3.08. The van der Waals surface area contributed by atoms with E-state index in [-0.39, 0.29) is 11.9 Å². The van der Waals surface area contributed by atoms with E-state index in [0.29, 0.717) is 11.5 Å². The second kappa shape index (κ2) is 8.24. The molecule has 1 aromatic carbocycles. The number of rotatable bonds is 7. The molecule has 0 amide bonds. The number of hydrogen-bond acceptors (Lipinski definition) is 5. The van der Waals surface area contributed by atoms with Crippen LogP contribution in [-0.2, 0) is 9.53 Å². The van der Waals surface area contributed by atoms with Gasteiger partial charge in [-0.2, -0.15) is 0 Å². The van der Waals surface area contributed by atoms with Crippen molar-refractivity contribution in [2.75, 3.05) is 31.4 Å². The molecular weight excluding hydrogens is 304 g/mol. The number of nitrogens with zero attached hydrogens (tertiary/aromatic N) is 1. The molecule has 1 aromatic rings. The van der Waals surface area contributed by atoms with Gasteiger partial charge in [-0.3, -0.25) is 4.79 Å². The maximum Gasteiger partial charge on any atom is 0.310 e. The second-order valence-corrected chi connectivity index (χ2v) is 6.50. The van der Waals surface area contributed by atoms with Crippen molar-refractivity contribution in [2.45, 2.75) is 18.7 Å². The molecule has 0 aliphatic carbocycles. The number of thioether (sulfide) groups is 1. The Morgan fingerprint density at radius 2 is 2.19 bits per heavy atom. The number of carbonyl (C=O) groups is 1. The third kappa shape index (κ3) is 4.61. The van der Waals surface area contributed by atoms with Crippen molar-refractivity contribution in [1.29, 1.82) is 0 Å². The van der Waals surface area contributed by atoms with E-state index in [1.54, 1.807) is 11.8 Å². The van der Waals surface area contributed by atoms with E-state index in [9.17, 15) is 4.79 Å². The molecule has 0 bridgehead atoms. The number of anilines is 1. The predicted molar refractivity (Wildman–Crippen MR) is 93.2 cm³/mol. The van der Waals surface area contributed by atoms with Gasteiger partial charge in [-0.05, 0) is 17.9 Å². The Kier molecular flexibility index (Phi) is 6.98. The van der Waals surface area contributed by atoms with Gasteiger partial charge in [0.25, 0.3) is 0 Å². The lowest BCUT2D eigenvalue weighted by Crippen LogP contribution is -2.31. The van der Waals surface area contributed by atoms with Gasteiger partial charge in [0.1, 0.15) is 4.99 Å². The molecule has 0 saturated carbocycles. The first-order valence-electron chi connectivity index (χ1n) is 6.76. The van der Waals surface area contributed by atoms with Crippen LogP contribution in [0.2, 0.25) is 0 Å². The van der Waals surface area contributed by atoms with Gasteiger partial charge in [0.05, 0.1) is 13.0 Å². The van der Waals surface area contributed by atoms with E-state index in [1.165, 1.54) is 7.11 Å². The Morgan fingerprint density at radius 3 is 2.71 bits per heavy atom. The molecule has 2 N–H and O–H groups in total. The van der Waals surface area contributed by atoms with E-state index >= 15 is 0 Å². The Labute approximate surface area is 136 Å². The first-order chi connectivity index (χ1) is 9.92. The molecule has 0 heterocycles. The molecule has 0 aliphatic rings. The molecule has 1 atom stereocenters. The quantitative estimate of drug-likeness (QED) is 0.472. The standard InChI is InChI=1S/C15H22N2O2S2/c1-5-21-12-8-6-7-11(13(12)14(16)20)17(3)9-10(2)15(18)19-4/h6-8,10H,5,9H2,1-4H3,(H2,16,20). The normalized spacial score (nSPS) is 11.8. The van der Waals surface area contributed by atoms with Gasteiger partial charge in [0.2, 0.25) is 0 Å². The number of hydrogen-bond donors (Lipinski definition) is 1. The van der Waals surface area contributed by atoms with Gasteiger partial charge in [-0.1, -0.05) is 32.1 Å². The van der Waals surface area contributed by atoms with Gasteiger partial charge in [0.15, 0.2) is 0 Å². The zero-order chi connectivity index (χ0) is 16.0. The Bertz CT molecular complexity index is 520. The zero-order valence-electron chi connectivity index (χ0n) is 12.9. The van der Waals surface area contributed by atoms with Crippen LogP contribution in [0.4, 0.5) is 5.69 Å². The lowest BCUT2D eigenvalue weighted by atomic mass is 10.1. The van der Waals surface area contributed by atoms with Gasteiger partial charge >= 0.3 is 5.97 Å². The molecule has 0 aliphatic heterocycles. The lowest BCUT2D eigenvalue weighted by Gasteiger charge is -2.25. The van der Waals surface area contributed by atoms with Crippen LogP contribution in [0.15, 0.2) is 23.1 Å². The summed E-state index contributed by atoms with van der Waals surface area (Å²) >= 11 is 6.91. The number of thiocarbonyl (C=S) groups is 1. The fourth-order valence-electron chi connectivity index (χ4n) is 2.15. The maximum atomic E-state index is 11.6. The average molecular weight is 326 g/mol. The van der Waals surface area contributed by atoms with E-state index < -0.39 is 0 Å². The van der Waals surface area contributed by atoms with Crippen LogP contribution in [-0.4, -0.2) is 37.4 Å². The molecule has 0 aromatic heterocycles. The monoisotopic (exact) mass is 326 g/mol. The van der Waals surface area contributed by atoms with Gasteiger partial charge in [-0.25, -0.2) is 0 Å². The lowest BCUT2D eigenvalue weighted by molar-refractivity contribution is -0.144. The van der Waals surface area contributed by atoms with Gasteiger partial charge in [-0.15, -0.1) is 11.8 Å². The molecule has 0 saturated heterocycles. The number of benzene rings is 1. The van der Waals surface area contributed by atoms with Crippen molar-refractivity contribution in [3.63, 3.8) is 0 Å². The van der Waals surface area contributed by atoms with Crippen molar-refractivity contribution >= 4 is 40.6 Å².